The highest BCUT2D eigenvalue weighted by Crippen LogP contribution is 2.28. The molecule has 0 radical (unpaired) electrons. The van der Waals surface area contributed by atoms with Gasteiger partial charge in [0.05, 0.1) is 5.56 Å². The summed E-state index contributed by atoms with van der Waals surface area (Å²) in [6.07, 6.45) is 2.03. The molecule has 3 aromatic rings. The molecule has 0 aliphatic heterocycles. The Labute approximate surface area is 114 Å². The third-order valence-electron chi connectivity index (χ3n) is 3.06. The maximum absolute atomic E-state index is 10.9. The van der Waals surface area contributed by atoms with Crippen molar-refractivity contribution in [3.8, 4) is 10.4 Å². The third kappa shape index (κ3) is 2.11. The Hall–Kier alpha value is -2.20. The van der Waals surface area contributed by atoms with Crippen LogP contribution in [0.25, 0.3) is 21.3 Å². The van der Waals surface area contributed by atoms with Crippen molar-refractivity contribution < 1.29 is 14.5 Å². The van der Waals surface area contributed by atoms with Crippen LogP contribution in [-0.4, -0.2) is 11.1 Å². The van der Waals surface area contributed by atoms with Crippen molar-refractivity contribution in [3.63, 3.8) is 0 Å². The first-order valence-electron chi connectivity index (χ1n) is 5.87. The fourth-order valence-corrected chi connectivity index (χ4v) is 2.98. The van der Waals surface area contributed by atoms with Crippen LogP contribution >= 0.6 is 11.3 Å². The number of para-hydroxylation sites is 1. The first kappa shape index (κ1) is 11.9. The number of thiophene rings is 1. The molecule has 2 heterocycles. The maximum atomic E-state index is 10.9. The molecule has 0 bridgehead atoms. The Kier molecular flexibility index (Phi) is 2.80. The molecule has 2 aromatic heterocycles. The predicted octanol–water partition coefficient (Wildman–Crippen LogP) is 3.09. The van der Waals surface area contributed by atoms with Gasteiger partial charge < -0.3 is 5.11 Å². The summed E-state index contributed by atoms with van der Waals surface area (Å²) in [6.45, 7) is 0. The van der Waals surface area contributed by atoms with E-state index in [1.54, 1.807) is 6.07 Å². The van der Waals surface area contributed by atoms with Crippen molar-refractivity contribution in [1.82, 2.24) is 0 Å². The minimum atomic E-state index is -0.874. The molecule has 0 saturated heterocycles. The van der Waals surface area contributed by atoms with Crippen molar-refractivity contribution in [2.24, 2.45) is 7.05 Å². The molecular formula is C15H12NO2S+. The van der Waals surface area contributed by atoms with Crippen molar-refractivity contribution in [2.45, 2.75) is 0 Å². The Balaban J connectivity index is 2.16. The molecule has 3 rings (SSSR count). The smallest absolute Gasteiger partial charge is 0.345 e. The fourth-order valence-electron chi connectivity index (χ4n) is 2.16. The lowest BCUT2D eigenvalue weighted by Gasteiger charge is -2.00. The molecule has 0 fully saturated rings. The first-order chi connectivity index (χ1) is 9.15. The number of carbonyl (C=O) groups is 1. The Morgan fingerprint density at radius 2 is 2.00 bits per heavy atom. The van der Waals surface area contributed by atoms with Crippen LogP contribution < -0.4 is 4.57 Å². The summed E-state index contributed by atoms with van der Waals surface area (Å²) in [5.41, 5.74) is 2.19. The average molecular weight is 270 g/mol. The Morgan fingerprint density at radius 3 is 2.74 bits per heavy atom. The van der Waals surface area contributed by atoms with Crippen molar-refractivity contribution >= 4 is 28.2 Å². The Morgan fingerprint density at radius 1 is 1.21 bits per heavy atom. The second-order valence-corrected chi connectivity index (χ2v) is 5.45. The summed E-state index contributed by atoms with van der Waals surface area (Å²) in [5.74, 6) is -0.874. The van der Waals surface area contributed by atoms with E-state index in [1.165, 1.54) is 11.3 Å². The number of aryl methyl sites for hydroxylation is 1. The van der Waals surface area contributed by atoms with Crippen molar-refractivity contribution in [2.75, 3.05) is 0 Å². The van der Waals surface area contributed by atoms with E-state index in [9.17, 15) is 4.79 Å². The van der Waals surface area contributed by atoms with Gasteiger partial charge >= 0.3 is 5.97 Å². The second kappa shape index (κ2) is 4.48. The summed E-state index contributed by atoms with van der Waals surface area (Å²) in [6, 6.07) is 13.7. The SMILES string of the molecule is C[n+]1cc(-c2ccc(C(=O)O)s2)cc2ccccc21. The van der Waals surface area contributed by atoms with E-state index in [1.807, 2.05) is 31.4 Å². The Bertz CT molecular complexity index is 777. The molecular weight excluding hydrogens is 258 g/mol. The summed E-state index contributed by atoms with van der Waals surface area (Å²) in [7, 11) is 2.00. The summed E-state index contributed by atoms with van der Waals surface area (Å²) in [5, 5.41) is 10.1. The molecule has 4 heteroatoms. The normalized spacial score (nSPS) is 10.8. The average Bonchev–Trinajstić information content (AvgIpc) is 2.88. The second-order valence-electron chi connectivity index (χ2n) is 4.37. The van der Waals surface area contributed by atoms with Gasteiger partial charge in [-0.1, -0.05) is 12.1 Å². The van der Waals surface area contributed by atoms with Crippen LogP contribution in [0.3, 0.4) is 0 Å². The molecule has 0 aliphatic rings. The quantitative estimate of drug-likeness (QED) is 0.727. The summed E-state index contributed by atoms with van der Waals surface area (Å²) >= 11 is 1.30. The largest absolute Gasteiger partial charge is 0.477 e. The van der Waals surface area contributed by atoms with Crippen LogP contribution in [0.5, 0.6) is 0 Å². The number of aromatic nitrogens is 1. The summed E-state index contributed by atoms with van der Waals surface area (Å²) in [4.78, 5) is 12.3. The lowest BCUT2D eigenvalue weighted by molar-refractivity contribution is -0.644. The number of hydrogen-bond donors (Lipinski definition) is 1. The third-order valence-corrected chi connectivity index (χ3v) is 4.18. The zero-order valence-corrected chi connectivity index (χ0v) is 11.1. The maximum Gasteiger partial charge on any atom is 0.345 e. The van der Waals surface area contributed by atoms with Gasteiger partial charge in [0.2, 0.25) is 5.52 Å². The first-order valence-corrected chi connectivity index (χ1v) is 6.69. The summed E-state index contributed by atoms with van der Waals surface area (Å²) < 4.78 is 2.06. The number of carboxylic acids is 1. The van der Waals surface area contributed by atoms with Gasteiger partial charge in [0.25, 0.3) is 0 Å². The van der Waals surface area contributed by atoms with E-state index < -0.39 is 5.97 Å². The minimum Gasteiger partial charge on any atom is -0.477 e. The standard InChI is InChI=1S/C15H11NO2S/c1-16-9-11(8-10-4-2-3-5-12(10)16)13-6-7-14(19-13)15(17)18/h2-9H,1H3/p+1. The molecule has 0 spiro atoms. The van der Waals surface area contributed by atoms with Crippen LogP contribution in [0.4, 0.5) is 0 Å². The predicted molar refractivity (Wildman–Crippen MR) is 75.4 cm³/mol. The monoisotopic (exact) mass is 270 g/mol. The number of rotatable bonds is 2. The molecule has 1 N–H and O–H groups in total. The van der Waals surface area contributed by atoms with Crippen LogP contribution in [-0.2, 0) is 7.05 Å². The molecule has 0 amide bonds. The van der Waals surface area contributed by atoms with Crippen molar-refractivity contribution in [1.29, 1.82) is 0 Å². The van der Waals surface area contributed by atoms with E-state index in [4.69, 9.17) is 5.11 Å². The molecule has 1 aromatic carbocycles. The lowest BCUT2D eigenvalue weighted by Crippen LogP contribution is -2.28. The number of hydrogen-bond acceptors (Lipinski definition) is 2. The molecule has 94 valence electrons. The molecule has 3 nitrogen and oxygen atoms in total. The van der Waals surface area contributed by atoms with Crippen LogP contribution in [0, 0.1) is 0 Å². The highest BCUT2D eigenvalue weighted by atomic mass is 32.1. The molecule has 19 heavy (non-hydrogen) atoms. The zero-order chi connectivity index (χ0) is 13.4. The van der Waals surface area contributed by atoms with Gasteiger partial charge in [-0.15, -0.1) is 11.3 Å². The van der Waals surface area contributed by atoms with E-state index >= 15 is 0 Å². The minimum absolute atomic E-state index is 0.366. The number of fused-ring (bicyclic) bond motifs is 1. The number of pyridine rings is 1. The van der Waals surface area contributed by atoms with Gasteiger partial charge in [0, 0.05) is 16.3 Å². The number of nitrogens with zero attached hydrogens (tertiary/aromatic N) is 1. The topological polar surface area (TPSA) is 41.2 Å². The highest BCUT2D eigenvalue weighted by molar-refractivity contribution is 7.17. The van der Waals surface area contributed by atoms with E-state index in [2.05, 4.69) is 22.8 Å². The van der Waals surface area contributed by atoms with Gasteiger partial charge in [0.15, 0.2) is 6.20 Å². The number of benzene rings is 1. The molecule has 0 aliphatic carbocycles. The van der Waals surface area contributed by atoms with E-state index in [0.717, 1.165) is 21.3 Å². The van der Waals surface area contributed by atoms with Crippen LogP contribution in [0.1, 0.15) is 9.67 Å². The number of aromatic carboxylic acids is 1. The van der Waals surface area contributed by atoms with Gasteiger partial charge in [0.1, 0.15) is 11.9 Å². The van der Waals surface area contributed by atoms with Gasteiger partial charge in [-0.05, 0) is 24.3 Å². The highest BCUT2D eigenvalue weighted by Gasteiger charge is 2.12. The van der Waals surface area contributed by atoms with Crippen LogP contribution in [0.2, 0.25) is 0 Å². The van der Waals surface area contributed by atoms with Gasteiger partial charge in [-0.3, -0.25) is 0 Å². The lowest BCUT2D eigenvalue weighted by atomic mass is 10.1. The van der Waals surface area contributed by atoms with E-state index in [0.29, 0.717) is 4.88 Å². The van der Waals surface area contributed by atoms with Crippen molar-refractivity contribution in [3.05, 3.63) is 53.5 Å². The molecule has 0 atom stereocenters. The zero-order valence-electron chi connectivity index (χ0n) is 10.3. The molecule has 0 unspecified atom stereocenters. The van der Waals surface area contributed by atoms with Gasteiger partial charge in [-0.2, -0.15) is 0 Å². The fraction of sp³-hybridized carbons (Fsp3) is 0.0667. The molecule has 0 saturated carbocycles. The van der Waals surface area contributed by atoms with E-state index in [-0.39, 0.29) is 0 Å². The van der Waals surface area contributed by atoms with Gasteiger partial charge in [-0.25, -0.2) is 9.36 Å². The van der Waals surface area contributed by atoms with Crippen LogP contribution in [0.15, 0.2) is 48.7 Å². The number of carboxylic acid groups (broad SMARTS) is 1.